The van der Waals surface area contributed by atoms with Crippen LogP contribution in [0.5, 0.6) is 0 Å². The third-order valence-electron chi connectivity index (χ3n) is 5.31. The van der Waals surface area contributed by atoms with Crippen molar-refractivity contribution in [1.82, 2.24) is 16.0 Å². The van der Waals surface area contributed by atoms with Crippen LogP contribution >= 0.6 is 0 Å². The molecule has 2 fully saturated rings. The molecule has 0 spiro atoms. The summed E-state index contributed by atoms with van der Waals surface area (Å²) in [6, 6.07) is 7.48. The lowest BCUT2D eigenvalue weighted by Crippen LogP contribution is -2.52. The Hall–Kier alpha value is -2.94. The van der Waals surface area contributed by atoms with Gasteiger partial charge in [0.05, 0.1) is 12.1 Å². The third kappa shape index (κ3) is 6.28. The number of carbonyl (C=O) groups excluding carboxylic acids is 4. The van der Waals surface area contributed by atoms with Crippen molar-refractivity contribution >= 4 is 24.2 Å². The Morgan fingerprint density at radius 2 is 1.97 bits per heavy atom. The second-order valence-corrected chi connectivity index (χ2v) is 7.54. The van der Waals surface area contributed by atoms with Crippen LogP contribution in [0.3, 0.4) is 0 Å². The van der Waals surface area contributed by atoms with Gasteiger partial charge < -0.3 is 30.2 Å². The molecule has 2 aliphatic rings. The summed E-state index contributed by atoms with van der Waals surface area (Å²) in [5.74, 6) is -0.923. The molecule has 3 N–H and O–H groups in total. The minimum Gasteiger partial charge on any atom is -0.445 e. The number of benzene rings is 1. The molecule has 9 heteroatoms. The van der Waals surface area contributed by atoms with Crippen molar-refractivity contribution in [2.24, 2.45) is 5.92 Å². The maximum absolute atomic E-state index is 12.8. The quantitative estimate of drug-likeness (QED) is 0.481. The van der Waals surface area contributed by atoms with E-state index in [2.05, 4.69) is 16.0 Å². The van der Waals surface area contributed by atoms with E-state index in [0.717, 1.165) is 12.0 Å². The van der Waals surface area contributed by atoms with Crippen molar-refractivity contribution in [3.8, 4) is 0 Å². The molecule has 3 amide bonds. The minimum absolute atomic E-state index is 0.0781. The highest BCUT2D eigenvalue weighted by Crippen LogP contribution is 2.18. The molecule has 0 aliphatic carbocycles. The van der Waals surface area contributed by atoms with Gasteiger partial charge >= 0.3 is 6.09 Å². The highest BCUT2D eigenvalue weighted by atomic mass is 16.5. The van der Waals surface area contributed by atoms with Crippen molar-refractivity contribution in [1.29, 1.82) is 0 Å². The molecule has 30 heavy (non-hydrogen) atoms. The summed E-state index contributed by atoms with van der Waals surface area (Å²) >= 11 is 0. The van der Waals surface area contributed by atoms with Gasteiger partial charge in [-0.15, -0.1) is 0 Å². The number of ether oxygens (including phenoxy) is 2. The van der Waals surface area contributed by atoms with Crippen LogP contribution in [0, 0.1) is 5.92 Å². The van der Waals surface area contributed by atoms with E-state index < -0.39 is 24.1 Å². The molecule has 3 rings (SSSR count). The Kier molecular flexibility index (Phi) is 7.78. The molecule has 2 aliphatic heterocycles. The number of nitrogens with one attached hydrogen (secondary N) is 3. The molecule has 0 saturated carbocycles. The zero-order valence-electron chi connectivity index (χ0n) is 16.7. The molecule has 0 unspecified atom stereocenters. The highest BCUT2D eigenvalue weighted by Gasteiger charge is 2.32. The maximum atomic E-state index is 12.8. The SMILES string of the molecule is O=C[C@H](C[C@@H]1CCNC1=O)NC(=O)[C@H](C[C@@H]1CCO1)NC(=O)OCc1ccccc1. The van der Waals surface area contributed by atoms with Gasteiger partial charge in [-0.1, -0.05) is 30.3 Å². The van der Waals surface area contributed by atoms with E-state index in [9.17, 15) is 19.2 Å². The number of aldehydes is 1. The highest BCUT2D eigenvalue weighted by molar-refractivity contribution is 5.88. The van der Waals surface area contributed by atoms with E-state index in [1.54, 1.807) is 0 Å². The second kappa shape index (κ2) is 10.7. The van der Waals surface area contributed by atoms with Gasteiger partial charge in [0.2, 0.25) is 11.8 Å². The standard InChI is InChI=1S/C21H27N3O6/c25-12-16(10-15-6-8-22-19(15)26)23-20(27)18(11-17-7-9-29-17)24-21(28)30-13-14-4-2-1-3-5-14/h1-5,12,15-18H,6-11,13H2,(H,22,26)(H,23,27)(H,24,28)/t15-,16-,17-,18-/m0/s1. The zero-order valence-corrected chi connectivity index (χ0v) is 16.7. The molecule has 1 aromatic carbocycles. The fourth-order valence-corrected chi connectivity index (χ4v) is 3.48. The molecule has 162 valence electrons. The Bertz CT molecular complexity index is 752. The van der Waals surface area contributed by atoms with Crippen LogP contribution in [0.25, 0.3) is 0 Å². The van der Waals surface area contributed by atoms with Crippen molar-refractivity contribution in [3.63, 3.8) is 0 Å². The van der Waals surface area contributed by atoms with E-state index >= 15 is 0 Å². The van der Waals surface area contributed by atoms with Crippen molar-refractivity contribution in [3.05, 3.63) is 35.9 Å². The van der Waals surface area contributed by atoms with Crippen LogP contribution in [0.15, 0.2) is 30.3 Å². The summed E-state index contributed by atoms with van der Waals surface area (Å²) in [5.41, 5.74) is 0.826. The molecule has 2 saturated heterocycles. The Balaban J connectivity index is 1.54. The lowest BCUT2D eigenvalue weighted by molar-refractivity contribution is -0.129. The van der Waals surface area contributed by atoms with Crippen LogP contribution in [0.2, 0.25) is 0 Å². The number of hydrogen-bond acceptors (Lipinski definition) is 6. The second-order valence-electron chi connectivity index (χ2n) is 7.54. The van der Waals surface area contributed by atoms with E-state index in [0.29, 0.717) is 25.9 Å². The van der Waals surface area contributed by atoms with Crippen LogP contribution < -0.4 is 16.0 Å². The van der Waals surface area contributed by atoms with Gasteiger partial charge in [-0.2, -0.15) is 0 Å². The number of amides is 3. The first-order chi connectivity index (χ1) is 14.5. The van der Waals surface area contributed by atoms with Crippen molar-refractivity contribution in [2.45, 2.75) is 50.5 Å². The van der Waals surface area contributed by atoms with Crippen LogP contribution in [0.4, 0.5) is 4.79 Å². The average Bonchev–Trinajstić information content (AvgIpc) is 3.12. The Morgan fingerprint density at radius 1 is 1.20 bits per heavy atom. The first-order valence-corrected chi connectivity index (χ1v) is 10.2. The fraction of sp³-hybridized carbons (Fsp3) is 0.524. The van der Waals surface area contributed by atoms with E-state index in [-0.39, 0.29) is 37.4 Å². The van der Waals surface area contributed by atoms with E-state index in [1.165, 1.54) is 0 Å². The lowest BCUT2D eigenvalue weighted by Gasteiger charge is -2.30. The van der Waals surface area contributed by atoms with Gasteiger partial charge in [0.25, 0.3) is 0 Å². The van der Waals surface area contributed by atoms with Crippen LogP contribution in [-0.2, 0) is 30.5 Å². The Labute approximate surface area is 174 Å². The summed E-state index contributed by atoms with van der Waals surface area (Å²) in [7, 11) is 0. The molecule has 1 aromatic rings. The molecular formula is C21H27N3O6. The normalized spacial score (nSPS) is 22.2. The monoisotopic (exact) mass is 417 g/mol. The van der Waals surface area contributed by atoms with Gasteiger partial charge in [-0.05, 0) is 24.8 Å². The molecular weight excluding hydrogens is 390 g/mol. The Morgan fingerprint density at radius 3 is 2.57 bits per heavy atom. The fourth-order valence-electron chi connectivity index (χ4n) is 3.48. The minimum atomic E-state index is -0.904. The van der Waals surface area contributed by atoms with Gasteiger partial charge in [-0.25, -0.2) is 4.79 Å². The molecule has 0 bridgehead atoms. The first kappa shape index (κ1) is 21.8. The predicted octanol–water partition coefficient (Wildman–Crippen LogP) is 0.670. The summed E-state index contributed by atoms with van der Waals surface area (Å²) in [6.07, 6.45) is 1.69. The molecule has 0 radical (unpaired) electrons. The zero-order chi connectivity index (χ0) is 21.3. The molecule has 9 nitrogen and oxygen atoms in total. The summed E-state index contributed by atoms with van der Waals surface area (Å²) in [4.78, 5) is 48.2. The third-order valence-corrected chi connectivity index (χ3v) is 5.31. The lowest BCUT2D eigenvalue weighted by atomic mass is 9.98. The molecule has 4 atom stereocenters. The van der Waals surface area contributed by atoms with Crippen molar-refractivity contribution < 1.29 is 28.7 Å². The van der Waals surface area contributed by atoms with Crippen LogP contribution in [-0.4, -0.2) is 55.5 Å². The number of alkyl carbamates (subject to hydrolysis) is 1. The van der Waals surface area contributed by atoms with E-state index in [4.69, 9.17) is 9.47 Å². The predicted molar refractivity (Wildman–Crippen MR) is 106 cm³/mol. The molecule has 2 heterocycles. The van der Waals surface area contributed by atoms with Gasteiger partial charge in [0.15, 0.2) is 0 Å². The molecule has 0 aromatic heterocycles. The van der Waals surface area contributed by atoms with E-state index in [1.807, 2.05) is 30.3 Å². The van der Waals surface area contributed by atoms with Gasteiger partial charge in [0.1, 0.15) is 18.9 Å². The maximum Gasteiger partial charge on any atom is 0.408 e. The smallest absolute Gasteiger partial charge is 0.408 e. The van der Waals surface area contributed by atoms with Crippen molar-refractivity contribution in [2.75, 3.05) is 13.2 Å². The summed E-state index contributed by atoms with van der Waals surface area (Å²) in [5, 5.41) is 7.92. The number of hydrogen-bond donors (Lipinski definition) is 3. The van der Waals surface area contributed by atoms with Crippen LogP contribution in [0.1, 0.15) is 31.2 Å². The number of rotatable bonds is 10. The summed E-state index contributed by atoms with van der Waals surface area (Å²) < 4.78 is 10.6. The first-order valence-electron chi connectivity index (χ1n) is 10.2. The topological polar surface area (TPSA) is 123 Å². The van der Waals surface area contributed by atoms with Gasteiger partial charge in [-0.3, -0.25) is 9.59 Å². The average molecular weight is 417 g/mol. The largest absolute Gasteiger partial charge is 0.445 e. The summed E-state index contributed by atoms with van der Waals surface area (Å²) in [6.45, 7) is 1.26. The number of carbonyl (C=O) groups is 4. The van der Waals surface area contributed by atoms with Gasteiger partial charge in [0, 0.05) is 25.5 Å².